The number of nitrogens with zero attached hydrogens (tertiary/aromatic N) is 6. The molecule has 233 valence electrons. The Balaban J connectivity index is -0.000000125. The van der Waals surface area contributed by atoms with Crippen LogP contribution in [0.5, 0.6) is 0 Å². The average molecular weight is 620 g/mol. The van der Waals surface area contributed by atoms with Gasteiger partial charge in [-0.15, -0.1) is 0 Å². The molecular formula is C31H74N6Y-2. The van der Waals surface area contributed by atoms with Gasteiger partial charge in [-0.05, 0) is 67.6 Å². The van der Waals surface area contributed by atoms with E-state index in [1.807, 2.05) is 13.8 Å². The Morgan fingerprint density at radius 2 is 0.789 bits per heavy atom. The van der Waals surface area contributed by atoms with Gasteiger partial charge in [-0.25, -0.2) is 0 Å². The normalized spacial score (nSPS) is 19.4. The first-order valence-electron chi connectivity index (χ1n) is 13.7. The Bertz CT molecular complexity index is 433. The summed E-state index contributed by atoms with van der Waals surface area (Å²) in [5.41, 5.74) is 0. The molecule has 0 spiro atoms. The van der Waals surface area contributed by atoms with E-state index in [9.17, 15) is 0 Å². The maximum atomic E-state index is 3.56. The van der Waals surface area contributed by atoms with Gasteiger partial charge in [0.2, 0.25) is 0 Å². The molecule has 0 aromatic carbocycles. The third-order valence-corrected chi connectivity index (χ3v) is 7.09. The molecule has 6 nitrogen and oxygen atoms in total. The molecule has 3 aliphatic rings. The van der Waals surface area contributed by atoms with Crippen LogP contribution in [0.2, 0.25) is 0 Å². The minimum Gasteiger partial charge on any atom is -0.608 e. The van der Waals surface area contributed by atoms with Crippen molar-refractivity contribution in [2.75, 3.05) is 79.5 Å². The fraction of sp³-hybridized carbons (Fsp3) is 0.935. The van der Waals surface area contributed by atoms with Crippen LogP contribution in [0.3, 0.4) is 0 Å². The second kappa shape index (κ2) is 26.7. The zero-order valence-corrected chi connectivity index (χ0v) is 28.5. The maximum Gasteiger partial charge on any atom is 0.0112 e. The number of piperazine rings is 2. The van der Waals surface area contributed by atoms with Crippen molar-refractivity contribution in [1.29, 1.82) is 0 Å². The van der Waals surface area contributed by atoms with Crippen molar-refractivity contribution >= 4 is 0 Å². The smallest absolute Gasteiger partial charge is 0.0112 e. The minimum atomic E-state index is 0. The molecule has 0 aliphatic carbocycles. The van der Waals surface area contributed by atoms with Crippen molar-refractivity contribution in [3.63, 3.8) is 0 Å². The molecule has 0 bridgehead atoms. The molecule has 3 aliphatic heterocycles. The van der Waals surface area contributed by atoms with Crippen LogP contribution in [0.4, 0.5) is 0 Å². The fourth-order valence-electron chi connectivity index (χ4n) is 3.85. The molecule has 0 saturated carbocycles. The Morgan fingerprint density at radius 1 is 0.553 bits per heavy atom. The van der Waals surface area contributed by atoms with E-state index in [2.05, 4.69) is 101 Å². The Labute approximate surface area is 269 Å². The van der Waals surface area contributed by atoms with Crippen LogP contribution in [-0.4, -0.2) is 133 Å². The summed E-state index contributed by atoms with van der Waals surface area (Å²) in [4.78, 5) is 14.0. The molecule has 0 atom stereocenters. The summed E-state index contributed by atoms with van der Waals surface area (Å²) in [6.45, 7) is 32.5. The van der Waals surface area contributed by atoms with Crippen LogP contribution in [0, 0.1) is 20.0 Å². The summed E-state index contributed by atoms with van der Waals surface area (Å²) in [6, 6.07) is 2.69. The minimum absolute atomic E-state index is 0. The van der Waals surface area contributed by atoms with Gasteiger partial charge < -0.3 is 33.7 Å². The Morgan fingerprint density at radius 3 is 0.921 bits per heavy atom. The maximum absolute atomic E-state index is 3.56. The van der Waals surface area contributed by atoms with Crippen LogP contribution in [0.25, 0.3) is 0 Å². The van der Waals surface area contributed by atoms with Crippen molar-refractivity contribution in [3.05, 3.63) is 14.1 Å². The molecule has 3 fully saturated rings. The summed E-state index contributed by atoms with van der Waals surface area (Å²) < 4.78 is 0. The monoisotopic (exact) mass is 620 g/mol. The van der Waals surface area contributed by atoms with Gasteiger partial charge in [0.05, 0.1) is 0 Å². The molecule has 1 radical (unpaired) electrons. The third kappa shape index (κ3) is 23.6. The summed E-state index contributed by atoms with van der Waals surface area (Å²) in [5.74, 6) is 0.956. The number of likely N-dealkylation sites (tertiary alicyclic amines) is 1. The first-order chi connectivity index (χ1) is 15.7. The van der Waals surface area contributed by atoms with Crippen molar-refractivity contribution in [2.45, 2.75) is 109 Å². The molecule has 3 rings (SSSR count). The first-order valence-corrected chi connectivity index (χ1v) is 13.7. The number of hydrogen-bond acceptors (Lipinski definition) is 6. The molecule has 3 saturated heterocycles. The molecule has 0 unspecified atom stereocenters. The number of likely N-dealkylation sites (N-methyl/N-ethyl adjacent to an activating group) is 2. The van der Waals surface area contributed by atoms with E-state index in [1.165, 1.54) is 65.4 Å². The van der Waals surface area contributed by atoms with E-state index in [4.69, 9.17) is 0 Å². The molecule has 7 heteroatoms. The summed E-state index contributed by atoms with van der Waals surface area (Å²) >= 11 is 0. The van der Waals surface area contributed by atoms with Crippen molar-refractivity contribution < 1.29 is 32.7 Å². The standard InChI is InChI=1S/2C8H18N2.C7H15N.C5H11N.3CH4.Y/c2*1-8(2)10-6-4-9(3)5-7-10;1-6(2)8-4-7(3)5-8;1-5(2)6(3)4;;;;/h2*8H,4-7H2,1-3H3;6-7H,4-5H2,1-3H3;5H,3-4H2,1-2H3;3*1H4;/q;;;-2;;;;. The van der Waals surface area contributed by atoms with Crippen LogP contribution < -0.4 is 0 Å². The zero-order chi connectivity index (χ0) is 26.4. The molecule has 0 aromatic heterocycles. The van der Waals surface area contributed by atoms with E-state index < -0.39 is 0 Å². The van der Waals surface area contributed by atoms with E-state index in [1.54, 1.807) is 4.90 Å². The summed E-state index contributed by atoms with van der Waals surface area (Å²) in [7, 11) is 11.5. The van der Waals surface area contributed by atoms with Crippen molar-refractivity contribution in [2.24, 2.45) is 5.92 Å². The van der Waals surface area contributed by atoms with E-state index >= 15 is 0 Å². The third-order valence-electron chi connectivity index (χ3n) is 7.09. The van der Waals surface area contributed by atoms with Crippen LogP contribution in [0.1, 0.15) is 84.6 Å². The number of rotatable bonds is 4. The molecule has 0 aromatic rings. The van der Waals surface area contributed by atoms with E-state index in [0.29, 0.717) is 6.04 Å². The molecule has 3 heterocycles. The van der Waals surface area contributed by atoms with Crippen molar-refractivity contribution in [1.82, 2.24) is 29.4 Å². The average Bonchev–Trinajstić information content (AvgIpc) is 2.73. The number of hydrogen-bond donors (Lipinski definition) is 0. The molecule has 0 N–H and O–H groups in total. The van der Waals surface area contributed by atoms with Gasteiger partial charge >= 0.3 is 0 Å². The van der Waals surface area contributed by atoms with Gasteiger partial charge in [0.1, 0.15) is 0 Å². The van der Waals surface area contributed by atoms with Gasteiger partial charge in [-0.1, -0.05) is 43.1 Å². The first kappa shape index (κ1) is 48.6. The predicted molar refractivity (Wildman–Crippen MR) is 172 cm³/mol. The largest absolute Gasteiger partial charge is 0.608 e. The van der Waals surface area contributed by atoms with Gasteiger partial charge in [0.15, 0.2) is 0 Å². The Hall–Kier alpha value is 0.864. The van der Waals surface area contributed by atoms with Crippen LogP contribution in [0.15, 0.2) is 0 Å². The molecule has 38 heavy (non-hydrogen) atoms. The Kier molecular flexibility index (Phi) is 34.2. The second-order valence-electron chi connectivity index (χ2n) is 11.7. The quantitative estimate of drug-likeness (QED) is 0.367. The van der Waals surface area contributed by atoms with Gasteiger partial charge in [0.25, 0.3) is 0 Å². The van der Waals surface area contributed by atoms with Gasteiger partial charge in [-0.2, -0.15) is 0 Å². The SMILES string of the molecule is C.C.C.CC(C)N1CCN(C)CC1.CC(C)N1CCN(C)CC1.CC1CN(C(C)C)C1.[CH2-]N([CH2-])C(C)C.[Y]. The fourth-order valence-corrected chi connectivity index (χ4v) is 3.85. The van der Waals surface area contributed by atoms with Crippen LogP contribution >= 0.6 is 0 Å². The van der Waals surface area contributed by atoms with Gasteiger partial charge in [0, 0.05) is 116 Å². The van der Waals surface area contributed by atoms with Crippen LogP contribution in [-0.2, 0) is 32.7 Å². The van der Waals surface area contributed by atoms with Crippen molar-refractivity contribution in [3.8, 4) is 0 Å². The predicted octanol–water partition coefficient (Wildman–Crippen LogP) is 5.82. The van der Waals surface area contributed by atoms with Gasteiger partial charge in [-0.3, -0.25) is 9.80 Å². The molecular weight excluding hydrogens is 545 g/mol. The van der Waals surface area contributed by atoms with E-state index in [0.717, 1.165) is 24.0 Å². The summed E-state index contributed by atoms with van der Waals surface area (Å²) in [5, 5.41) is 0. The van der Waals surface area contributed by atoms with E-state index in [-0.39, 0.29) is 55.0 Å². The second-order valence-corrected chi connectivity index (χ2v) is 11.7. The topological polar surface area (TPSA) is 19.4 Å². The summed E-state index contributed by atoms with van der Waals surface area (Å²) in [6.07, 6.45) is 0. The zero-order valence-electron chi connectivity index (χ0n) is 25.6. The molecule has 0 amide bonds.